The molecule has 0 aliphatic heterocycles. The molecule has 0 bridgehead atoms. The third kappa shape index (κ3) is 5.22. The van der Waals surface area contributed by atoms with Gasteiger partial charge in [0.1, 0.15) is 11.6 Å². The summed E-state index contributed by atoms with van der Waals surface area (Å²) in [5.74, 6) is -1.45. The van der Waals surface area contributed by atoms with Crippen molar-refractivity contribution in [1.82, 2.24) is 25.2 Å². The Morgan fingerprint density at radius 1 is 1.03 bits per heavy atom. The molecule has 0 saturated heterocycles. The molecule has 0 atom stereocenters. The van der Waals surface area contributed by atoms with Gasteiger partial charge in [0, 0.05) is 23.9 Å². The lowest BCUT2D eigenvalue weighted by molar-refractivity contribution is 0.0940. The minimum atomic E-state index is -0.648. The molecule has 5 aromatic rings. The molecule has 38 heavy (non-hydrogen) atoms. The van der Waals surface area contributed by atoms with Crippen molar-refractivity contribution in [2.24, 2.45) is 0 Å². The third-order valence-corrected chi connectivity index (χ3v) is 5.74. The van der Waals surface area contributed by atoms with Gasteiger partial charge in [0.15, 0.2) is 11.5 Å². The van der Waals surface area contributed by atoms with Crippen LogP contribution in [0.25, 0.3) is 16.9 Å². The maximum atomic E-state index is 14.6. The van der Waals surface area contributed by atoms with Crippen LogP contribution in [0, 0.1) is 5.82 Å². The molecule has 0 aliphatic carbocycles. The number of hydrogen-bond donors (Lipinski definition) is 3. The molecule has 12 heteroatoms. The molecule has 0 unspecified atom stereocenters. The summed E-state index contributed by atoms with van der Waals surface area (Å²) in [5.41, 5.74) is 0.566. The van der Waals surface area contributed by atoms with Crippen LogP contribution in [0.5, 0.6) is 0 Å². The van der Waals surface area contributed by atoms with E-state index in [0.717, 1.165) is 6.07 Å². The van der Waals surface area contributed by atoms with Gasteiger partial charge < -0.3 is 15.2 Å². The number of nitrogens with one attached hydrogen (secondary N) is 3. The van der Waals surface area contributed by atoms with Crippen molar-refractivity contribution >= 4 is 29.2 Å². The molecule has 2 aromatic carbocycles. The van der Waals surface area contributed by atoms with Crippen LogP contribution in [-0.2, 0) is 6.54 Å². The third-order valence-electron chi connectivity index (χ3n) is 5.42. The van der Waals surface area contributed by atoms with E-state index >= 15 is 0 Å². The second-order valence-corrected chi connectivity index (χ2v) is 8.41. The first kappa shape index (κ1) is 24.7. The normalized spacial score (nSPS) is 10.8. The molecule has 0 fully saturated rings. The van der Waals surface area contributed by atoms with E-state index in [-0.39, 0.29) is 40.0 Å². The molecule has 2 amide bonds. The zero-order valence-corrected chi connectivity index (χ0v) is 20.2. The number of benzene rings is 2. The van der Waals surface area contributed by atoms with Crippen LogP contribution in [0.15, 0.2) is 88.3 Å². The van der Waals surface area contributed by atoms with Crippen LogP contribution in [0.2, 0.25) is 5.02 Å². The summed E-state index contributed by atoms with van der Waals surface area (Å²) in [6.45, 7) is -0.0566. The molecule has 0 saturated carbocycles. The Morgan fingerprint density at radius 3 is 2.53 bits per heavy atom. The summed E-state index contributed by atoms with van der Waals surface area (Å²) in [5, 5.41) is 11.7. The molecular weight excluding hydrogens is 515 g/mol. The fourth-order valence-corrected chi connectivity index (χ4v) is 3.87. The van der Waals surface area contributed by atoms with Crippen LogP contribution >= 0.6 is 11.6 Å². The molecule has 190 valence electrons. The topological polar surface area (TPSA) is 135 Å². The van der Waals surface area contributed by atoms with Gasteiger partial charge in [-0.2, -0.15) is 10.3 Å². The number of hydrogen-bond acceptors (Lipinski definition) is 6. The predicted molar refractivity (Wildman–Crippen MR) is 137 cm³/mol. The number of nitrogens with zero attached hydrogens (tertiary/aromatic N) is 3. The van der Waals surface area contributed by atoms with Gasteiger partial charge in [0.05, 0.1) is 28.5 Å². The van der Waals surface area contributed by atoms with E-state index in [0.29, 0.717) is 11.4 Å². The zero-order valence-electron chi connectivity index (χ0n) is 19.4. The van der Waals surface area contributed by atoms with Gasteiger partial charge in [-0.25, -0.2) is 9.07 Å². The van der Waals surface area contributed by atoms with E-state index < -0.39 is 23.2 Å². The van der Waals surface area contributed by atoms with Crippen LogP contribution in [0.3, 0.4) is 0 Å². The number of H-pyrrole nitrogens is 1. The van der Waals surface area contributed by atoms with Gasteiger partial charge in [-0.3, -0.25) is 19.4 Å². The Balaban J connectivity index is 1.45. The second-order valence-electron chi connectivity index (χ2n) is 8.00. The Kier molecular flexibility index (Phi) is 6.83. The minimum absolute atomic E-state index is 0.00280. The van der Waals surface area contributed by atoms with E-state index in [2.05, 4.69) is 25.9 Å². The van der Waals surface area contributed by atoms with Gasteiger partial charge in [-0.1, -0.05) is 35.9 Å². The summed E-state index contributed by atoms with van der Waals surface area (Å²) in [6, 6.07) is 18.8. The Morgan fingerprint density at radius 2 is 1.82 bits per heavy atom. The number of pyridine rings is 1. The van der Waals surface area contributed by atoms with Gasteiger partial charge in [-0.05, 0) is 36.4 Å². The Labute approximate surface area is 219 Å². The van der Waals surface area contributed by atoms with Crippen molar-refractivity contribution in [3.8, 4) is 16.9 Å². The summed E-state index contributed by atoms with van der Waals surface area (Å²) in [7, 11) is 0. The highest BCUT2D eigenvalue weighted by Crippen LogP contribution is 2.28. The quantitative estimate of drug-likeness (QED) is 0.288. The first-order valence-electron chi connectivity index (χ1n) is 11.2. The SMILES string of the molecule is O=C(NCc1cc(=O)[nH]o1)c1cc(NC(=O)c2cc(-c3ccccn3)c(F)cc2Cl)n(-c2ccccc2)n1. The zero-order chi connectivity index (χ0) is 26.6. The molecular formula is C26H18ClFN6O4. The standard InChI is InChI=1S/C26H18ClFN6O4/c27-19-12-20(28)18(21-8-4-5-9-29-21)11-17(19)25(36)31-23-13-22(32-34(23)15-6-2-1-3-7-15)26(37)30-14-16-10-24(35)33-38-16/h1-13H,14H2,(H,30,37)(H,31,36)(H,33,35). The maximum absolute atomic E-state index is 14.6. The van der Waals surface area contributed by atoms with Crippen LogP contribution in [0.4, 0.5) is 10.2 Å². The summed E-state index contributed by atoms with van der Waals surface area (Å²) in [6.07, 6.45) is 1.51. The highest BCUT2D eigenvalue weighted by molar-refractivity contribution is 6.34. The Bertz CT molecular complexity index is 1680. The number of carbonyl (C=O) groups is 2. The van der Waals surface area contributed by atoms with Gasteiger partial charge in [-0.15, -0.1) is 0 Å². The van der Waals surface area contributed by atoms with E-state index in [1.165, 1.54) is 29.1 Å². The first-order chi connectivity index (χ1) is 18.4. The molecule has 0 radical (unpaired) electrons. The molecule has 10 nitrogen and oxygen atoms in total. The largest absolute Gasteiger partial charge is 0.382 e. The van der Waals surface area contributed by atoms with E-state index in [1.54, 1.807) is 48.5 Å². The van der Waals surface area contributed by atoms with E-state index in [1.807, 2.05) is 0 Å². The average molecular weight is 533 g/mol. The van der Waals surface area contributed by atoms with E-state index in [9.17, 15) is 18.8 Å². The fourth-order valence-electron chi connectivity index (χ4n) is 3.64. The molecule has 3 N–H and O–H groups in total. The van der Waals surface area contributed by atoms with Crippen molar-refractivity contribution < 1.29 is 18.5 Å². The van der Waals surface area contributed by atoms with Crippen LogP contribution in [-0.4, -0.2) is 31.7 Å². The smallest absolute Gasteiger partial charge is 0.280 e. The number of carbonyl (C=O) groups excluding carboxylic acids is 2. The maximum Gasteiger partial charge on any atom is 0.280 e. The van der Waals surface area contributed by atoms with Gasteiger partial charge in [0.2, 0.25) is 0 Å². The van der Waals surface area contributed by atoms with Crippen LogP contribution < -0.4 is 16.2 Å². The average Bonchev–Trinajstić information content (AvgIpc) is 3.54. The number of rotatable bonds is 7. The highest BCUT2D eigenvalue weighted by atomic mass is 35.5. The number of para-hydroxylation sites is 1. The number of aromatic amines is 1. The van der Waals surface area contributed by atoms with Gasteiger partial charge >= 0.3 is 0 Å². The second kappa shape index (κ2) is 10.5. The van der Waals surface area contributed by atoms with Crippen molar-refractivity contribution in [3.63, 3.8) is 0 Å². The van der Waals surface area contributed by atoms with Crippen molar-refractivity contribution in [2.45, 2.75) is 6.54 Å². The summed E-state index contributed by atoms with van der Waals surface area (Å²) < 4.78 is 20.9. The summed E-state index contributed by atoms with van der Waals surface area (Å²) >= 11 is 6.22. The lowest BCUT2D eigenvalue weighted by atomic mass is 10.1. The number of halogens is 2. The van der Waals surface area contributed by atoms with Crippen molar-refractivity contribution in [2.75, 3.05) is 5.32 Å². The summed E-state index contributed by atoms with van der Waals surface area (Å²) in [4.78, 5) is 41.4. The first-order valence-corrected chi connectivity index (χ1v) is 11.6. The minimum Gasteiger partial charge on any atom is -0.382 e. The number of aromatic nitrogens is 4. The predicted octanol–water partition coefficient (Wildman–Crippen LogP) is 4.19. The van der Waals surface area contributed by atoms with Gasteiger partial charge in [0.25, 0.3) is 17.4 Å². The van der Waals surface area contributed by atoms with E-state index in [4.69, 9.17) is 16.1 Å². The monoisotopic (exact) mass is 532 g/mol. The molecule has 3 heterocycles. The lowest BCUT2D eigenvalue weighted by Crippen LogP contribution is -2.23. The molecule has 5 rings (SSSR count). The van der Waals surface area contributed by atoms with Crippen LogP contribution in [0.1, 0.15) is 26.6 Å². The Hall–Kier alpha value is -5.03. The van der Waals surface area contributed by atoms with Crippen molar-refractivity contribution in [1.29, 1.82) is 0 Å². The number of amides is 2. The number of anilines is 1. The highest BCUT2D eigenvalue weighted by Gasteiger charge is 2.21. The molecule has 3 aromatic heterocycles. The van der Waals surface area contributed by atoms with Crippen molar-refractivity contribution in [3.05, 3.63) is 117 Å². The lowest BCUT2D eigenvalue weighted by Gasteiger charge is -2.11. The molecule has 0 aliphatic rings. The molecule has 0 spiro atoms. The fraction of sp³-hybridized carbons (Fsp3) is 0.0385.